The molecule has 2 rings (SSSR count). The van der Waals surface area contributed by atoms with Crippen LogP contribution in [-0.4, -0.2) is 72.2 Å². The highest BCUT2D eigenvalue weighted by Gasteiger charge is 2.22. The summed E-state index contributed by atoms with van der Waals surface area (Å²) in [4.78, 5) is 6.67. The SMILES string of the molecule is CCn1cnnc1CNC(=NC)N1CCC(OCCCOC)CC1. The molecule has 0 spiro atoms. The van der Waals surface area contributed by atoms with Gasteiger partial charge >= 0.3 is 0 Å². The third-order valence-electron chi connectivity index (χ3n) is 4.24. The number of nitrogens with one attached hydrogen (secondary N) is 1. The molecule has 1 saturated heterocycles. The Bertz CT molecular complexity index is 497. The quantitative estimate of drug-likeness (QED) is 0.431. The third-order valence-corrected chi connectivity index (χ3v) is 4.24. The van der Waals surface area contributed by atoms with Crippen LogP contribution >= 0.6 is 0 Å². The van der Waals surface area contributed by atoms with E-state index in [0.29, 0.717) is 12.6 Å². The Labute approximate surface area is 144 Å². The van der Waals surface area contributed by atoms with Gasteiger partial charge in [-0.05, 0) is 26.2 Å². The molecular weight excluding hydrogens is 308 g/mol. The van der Waals surface area contributed by atoms with E-state index >= 15 is 0 Å². The van der Waals surface area contributed by atoms with E-state index in [0.717, 1.165) is 63.9 Å². The Hall–Kier alpha value is -1.67. The molecule has 1 aliphatic heterocycles. The fourth-order valence-corrected chi connectivity index (χ4v) is 2.86. The maximum absolute atomic E-state index is 5.91. The molecule has 2 heterocycles. The summed E-state index contributed by atoms with van der Waals surface area (Å²) >= 11 is 0. The zero-order valence-corrected chi connectivity index (χ0v) is 15.1. The molecular formula is C16H30N6O2. The lowest BCUT2D eigenvalue weighted by Crippen LogP contribution is -2.47. The summed E-state index contributed by atoms with van der Waals surface area (Å²) in [5.74, 6) is 1.84. The van der Waals surface area contributed by atoms with Crippen LogP contribution in [0.2, 0.25) is 0 Å². The number of piperidine rings is 1. The molecule has 1 aromatic heterocycles. The van der Waals surface area contributed by atoms with Gasteiger partial charge in [-0.25, -0.2) is 0 Å². The van der Waals surface area contributed by atoms with E-state index in [4.69, 9.17) is 9.47 Å². The average Bonchev–Trinajstić information content (AvgIpc) is 3.08. The molecule has 0 bridgehead atoms. The largest absolute Gasteiger partial charge is 0.385 e. The van der Waals surface area contributed by atoms with Crippen molar-refractivity contribution < 1.29 is 9.47 Å². The van der Waals surface area contributed by atoms with Crippen LogP contribution in [0.4, 0.5) is 0 Å². The van der Waals surface area contributed by atoms with Crippen LogP contribution in [-0.2, 0) is 22.6 Å². The molecule has 8 nitrogen and oxygen atoms in total. The number of likely N-dealkylation sites (tertiary alicyclic amines) is 1. The standard InChI is InChI=1S/C16H30N6O2/c1-4-21-13-19-20-15(21)12-18-16(17-2)22-8-6-14(7-9-22)24-11-5-10-23-3/h13-14H,4-12H2,1-3H3,(H,17,18). The van der Waals surface area contributed by atoms with Crippen molar-refractivity contribution in [3.05, 3.63) is 12.2 Å². The van der Waals surface area contributed by atoms with E-state index in [9.17, 15) is 0 Å². The fraction of sp³-hybridized carbons (Fsp3) is 0.812. The van der Waals surface area contributed by atoms with Crippen LogP contribution in [0.5, 0.6) is 0 Å². The third kappa shape index (κ3) is 5.45. The Kier molecular flexibility index (Phi) is 7.97. The number of ether oxygens (including phenoxy) is 2. The number of aromatic nitrogens is 3. The van der Waals surface area contributed by atoms with Crippen molar-refractivity contribution in [1.29, 1.82) is 0 Å². The molecule has 0 aliphatic carbocycles. The first-order chi connectivity index (χ1) is 11.8. The molecule has 1 N–H and O–H groups in total. The minimum Gasteiger partial charge on any atom is -0.385 e. The Balaban J connectivity index is 1.73. The van der Waals surface area contributed by atoms with Crippen LogP contribution in [0, 0.1) is 0 Å². The van der Waals surface area contributed by atoms with Crippen LogP contribution in [0.25, 0.3) is 0 Å². The highest BCUT2D eigenvalue weighted by Crippen LogP contribution is 2.14. The lowest BCUT2D eigenvalue weighted by molar-refractivity contribution is 0.00989. The first-order valence-corrected chi connectivity index (χ1v) is 8.71. The number of aliphatic imine (C=N–C) groups is 1. The van der Waals surface area contributed by atoms with E-state index < -0.39 is 0 Å². The summed E-state index contributed by atoms with van der Waals surface area (Å²) in [6.45, 7) is 7.03. The number of hydrogen-bond donors (Lipinski definition) is 1. The Morgan fingerprint density at radius 1 is 1.38 bits per heavy atom. The van der Waals surface area contributed by atoms with Gasteiger partial charge in [-0.15, -0.1) is 10.2 Å². The number of guanidine groups is 1. The van der Waals surface area contributed by atoms with Gasteiger partial charge in [0.2, 0.25) is 0 Å². The molecule has 0 aromatic carbocycles. The smallest absolute Gasteiger partial charge is 0.194 e. The van der Waals surface area contributed by atoms with E-state index in [1.54, 1.807) is 13.4 Å². The maximum Gasteiger partial charge on any atom is 0.194 e. The summed E-state index contributed by atoms with van der Waals surface area (Å²) in [6, 6.07) is 0. The van der Waals surface area contributed by atoms with Gasteiger partial charge in [0.15, 0.2) is 11.8 Å². The second-order valence-corrected chi connectivity index (χ2v) is 5.84. The molecule has 0 atom stereocenters. The molecule has 8 heteroatoms. The fourth-order valence-electron chi connectivity index (χ4n) is 2.86. The second kappa shape index (κ2) is 10.2. The monoisotopic (exact) mass is 338 g/mol. The number of rotatable bonds is 8. The molecule has 1 fully saturated rings. The lowest BCUT2D eigenvalue weighted by atomic mass is 10.1. The molecule has 1 aliphatic rings. The topological polar surface area (TPSA) is 76.8 Å². The minimum absolute atomic E-state index is 0.347. The van der Waals surface area contributed by atoms with E-state index in [2.05, 4.69) is 32.3 Å². The summed E-state index contributed by atoms with van der Waals surface area (Å²) in [5.41, 5.74) is 0. The Morgan fingerprint density at radius 3 is 2.83 bits per heavy atom. The van der Waals surface area contributed by atoms with Crippen molar-refractivity contribution in [2.24, 2.45) is 4.99 Å². The zero-order valence-electron chi connectivity index (χ0n) is 15.1. The van der Waals surface area contributed by atoms with Gasteiger partial charge in [0.25, 0.3) is 0 Å². The van der Waals surface area contributed by atoms with Gasteiger partial charge in [0.1, 0.15) is 6.33 Å². The first-order valence-electron chi connectivity index (χ1n) is 8.71. The highest BCUT2D eigenvalue weighted by molar-refractivity contribution is 5.79. The normalized spacial score (nSPS) is 16.6. The van der Waals surface area contributed by atoms with Gasteiger partial charge in [0, 0.05) is 47.0 Å². The van der Waals surface area contributed by atoms with Crippen molar-refractivity contribution >= 4 is 5.96 Å². The van der Waals surface area contributed by atoms with Crippen molar-refractivity contribution in [1.82, 2.24) is 25.0 Å². The second-order valence-electron chi connectivity index (χ2n) is 5.84. The Morgan fingerprint density at radius 2 is 2.17 bits per heavy atom. The van der Waals surface area contributed by atoms with E-state index in [1.807, 2.05) is 11.6 Å². The number of hydrogen-bond acceptors (Lipinski definition) is 5. The molecule has 0 unspecified atom stereocenters. The van der Waals surface area contributed by atoms with Crippen molar-refractivity contribution in [3.8, 4) is 0 Å². The van der Waals surface area contributed by atoms with Crippen LogP contribution in [0.1, 0.15) is 32.0 Å². The van der Waals surface area contributed by atoms with Gasteiger partial charge in [0.05, 0.1) is 12.6 Å². The van der Waals surface area contributed by atoms with Crippen LogP contribution in [0.3, 0.4) is 0 Å². The first kappa shape index (κ1) is 18.7. The lowest BCUT2D eigenvalue weighted by Gasteiger charge is -2.34. The van der Waals surface area contributed by atoms with Gasteiger partial charge in [-0.2, -0.15) is 0 Å². The summed E-state index contributed by atoms with van der Waals surface area (Å²) in [5, 5.41) is 11.5. The van der Waals surface area contributed by atoms with Crippen molar-refractivity contribution in [2.45, 2.75) is 45.4 Å². The molecule has 136 valence electrons. The predicted molar refractivity (Wildman–Crippen MR) is 92.9 cm³/mol. The average molecular weight is 338 g/mol. The van der Waals surface area contributed by atoms with E-state index in [-0.39, 0.29) is 0 Å². The number of aryl methyl sites for hydroxylation is 1. The van der Waals surface area contributed by atoms with Crippen LogP contribution < -0.4 is 5.32 Å². The van der Waals surface area contributed by atoms with Crippen molar-refractivity contribution in [2.75, 3.05) is 40.5 Å². The molecule has 1 aromatic rings. The zero-order chi connectivity index (χ0) is 17.2. The minimum atomic E-state index is 0.347. The van der Waals surface area contributed by atoms with Gasteiger partial charge in [-0.3, -0.25) is 4.99 Å². The van der Waals surface area contributed by atoms with Gasteiger partial charge in [-0.1, -0.05) is 0 Å². The molecule has 24 heavy (non-hydrogen) atoms. The summed E-state index contributed by atoms with van der Waals surface area (Å²) in [6.07, 6.45) is 5.11. The highest BCUT2D eigenvalue weighted by atomic mass is 16.5. The molecule has 0 radical (unpaired) electrons. The number of nitrogens with zero attached hydrogens (tertiary/aromatic N) is 5. The van der Waals surface area contributed by atoms with Crippen molar-refractivity contribution in [3.63, 3.8) is 0 Å². The summed E-state index contributed by atoms with van der Waals surface area (Å²) in [7, 11) is 3.54. The maximum atomic E-state index is 5.91. The predicted octanol–water partition coefficient (Wildman–Crippen LogP) is 0.891. The number of methoxy groups -OCH3 is 1. The summed E-state index contributed by atoms with van der Waals surface area (Å²) < 4.78 is 13.0. The van der Waals surface area contributed by atoms with E-state index in [1.165, 1.54) is 0 Å². The van der Waals surface area contributed by atoms with Gasteiger partial charge < -0.3 is 24.3 Å². The molecule has 0 amide bonds. The molecule has 0 saturated carbocycles. The van der Waals surface area contributed by atoms with Crippen LogP contribution in [0.15, 0.2) is 11.3 Å².